The summed E-state index contributed by atoms with van der Waals surface area (Å²) in [6.45, 7) is 10.0. The van der Waals surface area contributed by atoms with Crippen LogP contribution in [0, 0.1) is 24.2 Å². The van der Waals surface area contributed by atoms with Gasteiger partial charge in [-0.25, -0.2) is 0 Å². The lowest BCUT2D eigenvalue weighted by Gasteiger charge is -2.31. The number of piperazine rings is 1. The van der Waals surface area contributed by atoms with Crippen molar-refractivity contribution in [1.82, 2.24) is 10.2 Å². The molecule has 1 saturated heterocycles. The Morgan fingerprint density at radius 1 is 1.26 bits per heavy atom. The van der Waals surface area contributed by atoms with Crippen molar-refractivity contribution >= 4 is 17.8 Å². The van der Waals surface area contributed by atoms with E-state index >= 15 is 0 Å². The molecule has 0 radical (unpaired) electrons. The topological polar surface area (TPSA) is 59.4 Å². The van der Waals surface area contributed by atoms with Crippen LogP contribution in [0.15, 0.2) is 18.2 Å². The highest BCUT2D eigenvalue weighted by atomic mass is 16.2. The van der Waals surface area contributed by atoms with Crippen LogP contribution in [0.5, 0.6) is 0 Å². The molecule has 0 bridgehead atoms. The molecule has 1 saturated carbocycles. The Labute approximate surface area is 163 Å². The van der Waals surface area contributed by atoms with Crippen molar-refractivity contribution in [1.29, 1.82) is 5.41 Å². The summed E-state index contributed by atoms with van der Waals surface area (Å²) in [7, 11) is 0. The van der Waals surface area contributed by atoms with Gasteiger partial charge in [0.05, 0.1) is 6.54 Å². The van der Waals surface area contributed by atoms with Crippen molar-refractivity contribution in [3.63, 3.8) is 0 Å². The van der Waals surface area contributed by atoms with Gasteiger partial charge in [0.2, 0.25) is 5.91 Å². The third-order valence-electron chi connectivity index (χ3n) is 6.15. The summed E-state index contributed by atoms with van der Waals surface area (Å²) in [5, 5.41) is 10.9. The van der Waals surface area contributed by atoms with Gasteiger partial charge in [0.1, 0.15) is 0 Å². The minimum absolute atomic E-state index is 0.113. The highest BCUT2D eigenvalue weighted by Gasteiger charge is 2.28. The summed E-state index contributed by atoms with van der Waals surface area (Å²) in [6.07, 6.45) is 5.57. The molecule has 0 atom stereocenters. The fourth-order valence-electron chi connectivity index (χ4n) is 4.28. The number of benzene rings is 1. The molecule has 2 N–H and O–H groups in total. The van der Waals surface area contributed by atoms with Gasteiger partial charge < -0.3 is 15.6 Å². The average molecular weight is 371 g/mol. The van der Waals surface area contributed by atoms with Crippen LogP contribution < -0.4 is 10.2 Å². The molecule has 0 spiro atoms. The van der Waals surface area contributed by atoms with E-state index in [1.165, 1.54) is 17.3 Å². The average Bonchev–Trinajstić information content (AvgIpc) is 2.69. The highest BCUT2D eigenvalue weighted by molar-refractivity contribution is 5.97. The van der Waals surface area contributed by atoms with E-state index in [2.05, 4.69) is 42.3 Å². The van der Waals surface area contributed by atoms with Crippen LogP contribution in [0.1, 0.15) is 43.7 Å². The molecule has 5 heteroatoms. The number of nitrogens with zero attached hydrogens (tertiary/aromatic N) is 2. The molecule has 1 aliphatic heterocycles. The Bertz CT molecular complexity index is 646. The van der Waals surface area contributed by atoms with E-state index in [0.717, 1.165) is 70.0 Å². The molecule has 0 unspecified atom stereocenters. The summed E-state index contributed by atoms with van der Waals surface area (Å²) < 4.78 is 0. The minimum atomic E-state index is 0.113. The third kappa shape index (κ3) is 5.17. The van der Waals surface area contributed by atoms with Crippen LogP contribution in [0.2, 0.25) is 0 Å². The molecule has 1 aromatic carbocycles. The predicted molar refractivity (Wildman–Crippen MR) is 112 cm³/mol. The third-order valence-corrected chi connectivity index (χ3v) is 6.15. The number of carbonyl (C=O) groups is 1. The number of carbonyl (C=O) groups excluding carboxylic acids is 1. The summed E-state index contributed by atoms with van der Waals surface area (Å²) in [5.74, 6) is 1.04. The van der Waals surface area contributed by atoms with Crippen LogP contribution in [-0.2, 0) is 11.3 Å². The lowest BCUT2D eigenvalue weighted by atomic mass is 9.82. The van der Waals surface area contributed by atoms with Gasteiger partial charge in [-0.05, 0) is 61.8 Å². The second-order valence-corrected chi connectivity index (χ2v) is 8.25. The number of hydrogen-bond acceptors (Lipinski definition) is 4. The summed E-state index contributed by atoms with van der Waals surface area (Å²) >= 11 is 0. The monoisotopic (exact) mass is 370 g/mol. The molecule has 2 aliphatic rings. The molecule has 148 valence electrons. The molecule has 3 rings (SSSR count). The fourth-order valence-corrected chi connectivity index (χ4v) is 4.28. The van der Waals surface area contributed by atoms with Crippen molar-refractivity contribution in [2.45, 2.75) is 46.1 Å². The van der Waals surface area contributed by atoms with Crippen molar-refractivity contribution < 1.29 is 4.79 Å². The molecule has 2 fully saturated rings. The second-order valence-electron chi connectivity index (χ2n) is 8.25. The number of nitrogens with one attached hydrogen (secondary N) is 2. The Morgan fingerprint density at radius 3 is 2.59 bits per heavy atom. The van der Waals surface area contributed by atoms with Crippen molar-refractivity contribution in [3.8, 4) is 0 Å². The maximum atomic E-state index is 13.1. The molecule has 1 aromatic rings. The van der Waals surface area contributed by atoms with Crippen LogP contribution >= 0.6 is 0 Å². The number of aryl methyl sites for hydroxylation is 1. The standard InChI is InChI=1S/C22H34N4O/c1-17-3-5-19(6-4-17)22(27)26(12-9-23)21-8-7-20(18(2)15-21)16-25-13-10-24-11-14-25/h7-9,15,17,19,23-24H,3-6,10-14,16H2,1-2H3/t17-,19-. The van der Waals surface area contributed by atoms with Gasteiger partial charge in [-0.3, -0.25) is 9.69 Å². The number of hydrogen-bond donors (Lipinski definition) is 2. The molecule has 5 nitrogen and oxygen atoms in total. The maximum absolute atomic E-state index is 13.1. The number of rotatable bonds is 6. The lowest BCUT2D eigenvalue weighted by molar-refractivity contribution is -0.123. The zero-order chi connectivity index (χ0) is 19.2. The van der Waals surface area contributed by atoms with Gasteiger partial charge in [0, 0.05) is 50.5 Å². The molecule has 1 aliphatic carbocycles. The Kier molecular flexibility index (Phi) is 7.02. The first-order valence-corrected chi connectivity index (χ1v) is 10.4. The number of amides is 1. The minimum Gasteiger partial charge on any atom is -0.314 e. The van der Waals surface area contributed by atoms with Gasteiger partial charge in [0.25, 0.3) is 0 Å². The van der Waals surface area contributed by atoms with Gasteiger partial charge >= 0.3 is 0 Å². The Balaban J connectivity index is 1.71. The van der Waals surface area contributed by atoms with Crippen molar-refractivity contribution in [2.75, 3.05) is 37.6 Å². The smallest absolute Gasteiger partial charge is 0.230 e. The first kappa shape index (κ1) is 20.0. The largest absolute Gasteiger partial charge is 0.314 e. The zero-order valence-electron chi connectivity index (χ0n) is 16.8. The molecule has 27 heavy (non-hydrogen) atoms. The van der Waals surface area contributed by atoms with Crippen LogP contribution in [0.3, 0.4) is 0 Å². The quantitative estimate of drug-likeness (QED) is 0.756. The number of anilines is 1. The molecule has 0 aromatic heterocycles. The van der Waals surface area contributed by atoms with Crippen molar-refractivity contribution in [2.24, 2.45) is 11.8 Å². The van der Waals surface area contributed by atoms with Crippen molar-refractivity contribution in [3.05, 3.63) is 29.3 Å². The van der Waals surface area contributed by atoms with E-state index < -0.39 is 0 Å². The van der Waals surface area contributed by atoms with E-state index in [1.807, 2.05) is 4.90 Å². The second kappa shape index (κ2) is 9.47. The zero-order valence-corrected chi connectivity index (χ0v) is 16.8. The molecular formula is C22H34N4O. The Hall–Kier alpha value is -1.72. The SMILES string of the molecule is Cc1cc(N(CC=N)C(=O)[C@H]2CC[C@H](C)CC2)ccc1CN1CCNCC1. The van der Waals surface area contributed by atoms with E-state index in [0.29, 0.717) is 6.54 Å². The van der Waals surface area contributed by atoms with Crippen LogP contribution in [-0.4, -0.2) is 49.7 Å². The van der Waals surface area contributed by atoms with Gasteiger partial charge in [0.15, 0.2) is 0 Å². The highest BCUT2D eigenvalue weighted by Crippen LogP contribution is 2.31. The summed E-state index contributed by atoms with van der Waals surface area (Å²) in [6, 6.07) is 6.36. The van der Waals surface area contributed by atoms with E-state index in [4.69, 9.17) is 5.41 Å². The molecule has 1 heterocycles. The Morgan fingerprint density at radius 2 is 1.96 bits per heavy atom. The fraction of sp³-hybridized carbons (Fsp3) is 0.636. The maximum Gasteiger partial charge on any atom is 0.230 e. The van der Waals surface area contributed by atoms with Gasteiger partial charge in [-0.15, -0.1) is 0 Å². The first-order chi connectivity index (χ1) is 13.1. The van der Waals surface area contributed by atoms with E-state index in [9.17, 15) is 4.79 Å². The molecule has 1 amide bonds. The first-order valence-electron chi connectivity index (χ1n) is 10.4. The van der Waals surface area contributed by atoms with Crippen LogP contribution in [0.4, 0.5) is 5.69 Å². The van der Waals surface area contributed by atoms with E-state index in [-0.39, 0.29) is 11.8 Å². The van der Waals surface area contributed by atoms with Crippen LogP contribution in [0.25, 0.3) is 0 Å². The summed E-state index contributed by atoms with van der Waals surface area (Å²) in [5.41, 5.74) is 3.49. The van der Waals surface area contributed by atoms with Gasteiger partial charge in [-0.2, -0.15) is 0 Å². The van der Waals surface area contributed by atoms with Gasteiger partial charge in [-0.1, -0.05) is 13.0 Å². The summed E-state index contributed by atoms with van der Waals surface area (Å²) in [4.78, 5) is 17.4. The lowest BCUT2D eigenvalue weighted by Crippen LogP contribution is -2.43. The predicted octanol–water partition coefficient (Wildman–Crippen LogP) is 3.21. The molecular weight excluding hydrogens is 336 g/mol. The normalized spacial score (nSPS) is 23.8. The van der Waals surface area contributed by atoms with E-state index in [1.54, 1.807) is 0 Å².